The zero-order valence-electron chi connectivity index (χ0n) is 21.0. The van der Waals surface area contributed by atoms with Crippen LogP contribution in [0.2, 0.25) is 0 Å². The number of morpholine rings is 1. The van der Waals surface area contributed by atoms with E-state index in [1.807, 2.05) is 28.8 Å². The Balaban J connectivity index is 1.20. The van der Waals surface area contributed by atoms with E-state index in [4.69, 9.17) is 9.47 Å². The van der Waals surface area contributed by atoms with Gasteiger partial charge in [-0.3, -0.25) is 14.3 Å². The molecule has 0 atom stereocenters. The van der Waals surface area contributed by atoms with Gasteiger partial charge >= 0.3 is 6.36 Å². The fourth-order valence-electron chi connectivity index (χ4n) is 4.29. The number of amides is 1. The lowest BCUT2D eigenvalue weighted by Gasteiger charge is -2.26. The van der Waals surface area contributed by atoms with Gasteiger partial charge in [-0.1, -0.05) is 18.2 Å². The minimum atomic E-state index is -4.73. The molecule has 1 aliphatic rings. The highest BCUT2D eigenvalue weighted by molar-refractivity contribution is 5.97. The molecule has 11 heteroatoms. The number of imidazole rings is 1. The molecule has 1 aliphatic heterocycles. The molecule has 2 heterocycles. The summed E-state index contributed by atoms with van der Waals surface area (Å²) >= 11 is 0. The fraction of sp³-hybridized carbons (Fsp3) is 0.286. The largest absolute Gasteiger partial charge is 0.573 e. The number of ether oxygens (including phenoxy) is 3. The molecule has 0 aliphatic carbocycles. The first kappa shape index (κ1) is 26.5. The van der Waals surface area contributed by atoms with Crippen LogP contribution in [0.5, 0.6) is 11.5 Å². The van der Waals surface area contributed by atoms with Crippen LogP contribution in [0.1, 0.15) is 15.9 Å². The lowest BCUT2D eigenvalue weighted by atomic mass is 10.2. The molecule has 204 valence electrons. The summed E-state index contributed by atoms with van der Waals surface area (Å²) in [4.78, 5) is 19.4. The van der Waals surface area contributed by atoms with Gasteiger partial charge in [0, 0.05) is 37.8 Å². The van der Waals surface area contributed by atoms with Crippen molar-refractivity contribution in [1.82, 2.24) is 19.8 Å². The molecule has 1 N–H and O–H groups in total. The maximum absolute atomic E-state index is 12.7. The molecule has 0 bridgehead atoms. The summed E-state index contributed by atoms with van der Waals surface area (Å²) in [6.45, 7) is 4.70. The van der Waals surface area contributed by atoms with E-state index in [1.54, 1.807) is 24.5 Å². The monoisotopic (exact) mass is 540 g/mol. The molecule has 1 saturated heterocycles. The van der Waals surface area contributed by atoms with Crippen molar-refractivity contribution in [3.05, 3.63) is 84.2 Å². The number of aromatic nitrogens is 2. The van der Waals surface area contributed by atoms with E-state index in [0.717, 1.165) is 44.1 Å². The summed E-state index contributed by atoms with van der Waals surface area (Å²) in [7, 11) is 0. The number of carbonyl (C=O) groups is 1. The number of rotatable bonds is 9. The number of nitrogens with zero attached hydrogens (tertiary/aromatic N) is 3. The standard InChI is InChI=1S/C28H27F3N4O4/c29-28(30,31)39-23-7-4-20(5-8-23)18-38-24-3-1-2-22(17-24)35-19-33-25-16-21(6-9-26(25)35)27(36)32-10-11-34-12-14-37-15-13-34/h1-9,16-17,19H,10-15,18H2,(H,32,36). The lowest BCUT2D eigenvalue weighted by Crippen LogP contribution is -2.41. The van der Waals surface area contributed by atoms with Crippen LogP contribution in [0.4, 0.5) is 13.2 Å². The van der Waals surface area contributed by atoms with Crippen LogP contribution in [0.3, 0.4) is 0 Å². The molecule has 0 unspecified atom stereocenters. The number of halogens is 3. The van der Waals surface area contributed by atoms with Crippen molar-refractivity contribution >= 4 is 16.9 Å². The van der Waals surface area contributed by atoms with Crippen molar-refractivity contribution in [2.45, 2.75) is 13.0 Å². The Kier molecular flexibility index (Phi) is 7.99. The van der Waals surface area contributed by atoms with Gasteiger partial charge in [-0.05, 0) is 48.0 Å². The van der Waals surface area contributed by atoms with Crippen molar-refractivity contribution < 1.29 is 32.2 Å². The van der Waals surface area contributed by atoms with Crippen molar-refractivity contribution in [3.63, 3.8) is 0 Å². The highest BCUT2D eigenvalue weighted by Gasteiger charge is 2.30. The molecular formula is C28H27F3N4O4. The first-order valence-electron chi connectivity index (χ1n) is 12.5. The Hall–Kier alpha value is -4.09. The molecule has 4 aromatic rings. The molecule has 0 saturated carbocycles. The van der Waals surface area contributed by atoms with Crippen molar-refractivity contribution in [1.29, 1.82) is 0 Å². The summed E-state index contributed by atoms with van der Waals surface area (Å²) in [5.41, 5.74) is 3.56. The Labute approximate surface area is 222 Å². The average molecular weight is 541 g/mol. The topological polar surface area (TPSA) is 77.9 Å². The van der Waals surface area contributed by atoms with Crippen molar-refractivity contribution in [2.75, 3.05) is 39.4 Å². The van der Waals surface area contributed by atoms with Crippen LogP contribution in [-0.4, -0.2) is 66.1 Å². The van der Waals surface area contributed by atoms with E-state index in [2.05, 4.69) is 19.9 Å². The van der Waals surface area contributed by atoms with E-state index >= 15 is 0 Å². The van der Waals surface area contributed by atoms with Crippen LogP contribution >= 0.6 is 0 Å². The number of hydrogen-bond acceptors (Lipinski definition) is 6. The lowest BCUT2D eigenvalue weighted by molar-refractivity contribution is -0.274. The number of benzene rings is 3. The zero-order valence-corrected chi connectivity index (χ0v) is 21.0. The van der Waals surface area contributed by atoms with Gasteiger partial charge in [0.05, 0.1) is 29.9 Å². The first-order valence-corrected chi connectivity index (χ1v) is 12.5. The van der Waals surface area contributed by atoms with Crippen LogP contribution in [0.15, 0.2) is 73.1 Å². The van der Waals surface area contributed by atoms with E-state index in [1.165, 1.54) is 24.3 Å². The van der Waals surface area contributed by atoms with Crippen LogP contribution in [-0.2, 0) is 11.3 Å². The highest BCUT2D eigenvalue weighted by Crippen LogP contribution is 2.25. The van der Waals surface area contributed by atoms with Gasteiger partial charge in [-0.25, -0.2) is 4.98 Å². The third-order valence-electron chi connectivity index (χ3n) is 6.28. The van der Waals surface area contributed by atoms with Crippen LogP contribution < -0.4 is 14.8 Å². The second-order valence-corrected chi connectivity index (χ2v) is 9.01. The molecule has 3 aromatic carbocycles. The minimum Gasteiger partial charge on any atom is -0.489 e. The predicted molar refractivity (Wildman–Crippen MR) is 138 cm³/mol. The fourth-order valence-corrected chi connectivity index (χ4v) is 4.29. The maximum atomic E-state index is 12.7. The summed E-state index contributed by atoms with van der Waals surface area (Å²) in [5, 5.41) is 2.97. The Morgan fingerprint density at radius 2 is 1.79 bits per heavy atom. The van der Waals surface area contributed by atoms with Crippen molar-refractivity contribution in [2.24, 2.45) is 0 Å². The molecule has 39 heavy (non-hydrogen) atoms. The average Bonchev–Trinajstić information content (AvgIpc) is 3.36. The second-order valence-electron chi connectivity index (χ2n) is 9.01. The van der Waals surface area contributed by atoms with Crippen LogP contribution in [0.25, 0.3) is 16.7 Å². The quantitative estimate of drug-likeness (QED) is 0.335. The van der Waals surface area contributed by atoms with E-state index < -0.39 is 6.36 Å². The zero-order chi connectivity index (χ0) is 27.2. The van der Waals surface area contributed by atoms with E-state index in [0.29, 0.717) is 28.9 Å². The minimum absolute atomic E-state index is 0.145. The highest BCUT2D eigenvalue weighted by atomic mass is 19.4. The Morgan fingerprint density at radius 3 is 2.56 bits per heavy atom. The van der Waals surface area contributed by atoms with E-state index in [9.17, 15) is 18.0 Å². The van der Waals surface area contributed by atoms with Gasteiger partial charge in [-0.2, -0.15) is 0 Å². The molecule has 1 aromatic heterocycles. The smallest absolute Gasteiger partial charge is 0.489 e. The van der Waals surface area contributed by atoms with Gasteiger partial charge in [0.25, 0.3) is 5.91 Å². The third-order valence-corrected chi connectivity index (χ3v) is 6.28. The van der Waals surface area contributed by atoms with Gasteiger partial charge in [-0.15, -0.1) is 13.2 Å². The summed E-state index contributed by atoms with van der Waals surface area (Å²) in [6.07, 6.45) is -3.05. The predicted octanol–water partition coefficient (Wildman–Crippen LogP) is 4.57. The van der Waals surface area contributed by atoms with Gasteiger partial charge < -0.3 is 19.5 Å². The number of carbonyl (C=O) groups excluding carboxylic acids is 1. The van der Waals surface area contributed by atoms with Gasteiger partial charge in [0.15, 0.2) is 0 Å². The summed E-state index contributed by atoms with van der Waals surface area (Å²) < 4.78 is 54.0. The third kappa shape index (κ3) is 7.06. The van der Waals surface area contributed by atoms with Gasteiger partial charge in [0.2, 0.25) is 0 Å². The molecule has 5 rings (SSSR count). The number of fused-ring (bicyclic) bond motifs is 1. The number of nitrogens with one attached hydrogen (secondary N) is 1. The molecule has 8 nitrogen and oxygen atoms in total. The molecule has 0 spiro atoms. The SMILES string of the molecule is O=C(NCCN1CCOCC1)c1ccc2c(c1)ncn2-c1cccc(OCc2ccc(OC(F)(F)F)cc2)c1. The summed E-state index contributed by atoms with van der Waals surface area (Å²) in [6, 6.07) is 18.3. The Morgan fingerprint density at radius 1 is 1.00 bits per heavy atom. The van der Waals surface area contributed by atoms with E-state index in [-0.39, 0.29) is 18.3 Å². The van der Waals surface area contributed by atoms with Crippen LogP contribution in [0, 0.1) is 0 Å². The number of hydrogen-bond donors (Lipinski definition) is 1. The molecule has 1 fully saturated rings. The molecule has 0 radical (unpaired) electrons. The normalized spacial score (nSPS) is 14.3. The first-order chi connectivity index (χ1) is 18.8. The summed E-state index contributed by atoms with van der Waals surface area (Å²) in [5.74, 6) is 0.156. The Bertz CT molecular complexity index is 1420. The molecular weight excluding hydrogens is 513 g/mol. The number of alkyl halides is 3. The second kappa shape index (κ2) is 11.7. The molecule has 1 amide bonds. The van der Waals surface area contributed by atoms with Gasteiger partial charge in [0.1, 0.15) is 24.4 Å². The van der Waals surface area contributed by atoms with Crippen molar-refractivity contribution in [3.8, 4) is 17.2 Å². The maximum Gasteiger partial charge on any atom is 0.573 e.